The minimum atomic E-state index is 0.904. The van der Waals surface area contributed by atoms with Crippen molar-refractivity contribution >= 4 is 84.7 Å². The Morgan fingerprint density at radius 3 is 2.00 bits per heavy atom. The third kappa shape index (κ3) is 1.58. The van der Waals surface area contributed by atoms with E-state index >= 15 is 0 Å². The van der Waals surface area contributed by atoms with Crippen LogP contribution in [0.25, 0.3) is 43.1 Å². The molecular formula is C20H13BIN. The molecule has 0 amide bonds. The van der Waals surface area contributed by atoms with Gasteiger partial charge in [-0.25, -0.2) is 0 Å². The number of halogens is 1. The predicted octanol–water partition coefficient (Wildman–Crippen LogP) is 4.18. The predicted molar refractivity (Wildman–Crippen MR) is 113 cm³/mol. The minimum Gasteiger partial charge on any atom is -0.398 e. The fourth-order valence-electron chi connectivity index (χ4n) is 3.97. The second-order valence-electron chi connectivity index (χ2n) is 6.17. The van der Waals surface area contributed by atoms with Crippen LogP contribution in [0, 0.1) is 3.57 Å². The summed E-state index contributed by atoms with van der Waals surface area (Å²) in [4.78, 5) is 0. The van der Waals surface area contributed by atoms with Gasteiger partial charge in [0.1, 0.15) is 7.85 Å². The zero-order valence-corrected chi connectivity index (χ0v) is 14.8. The Kier molecular flexibility index (Phi) is 2.63. The van der Waals surface area contributed by atoms with Crippen molar-refractivity contribution < 1.29 is 0 Å². The molecule has 1 nitrogen and oxygen atoms in total. The molecule has 5 aromatic carbocycles. The number of nitrogens with two attached hydrogens (primary N) is 1. The largest absolute Gasteiger partial charge is 0.398 e. The van der Waals surface area contributed by atoms with Crippen molar-refractivity contribution in [3.05, 3.63) is 58.2 Å². The van der Waals surface area contributed by atoms with Gasteiger partial charge in [-0.3, -0.25) is 0 Å². The van der Waals surface area contributed by atoms with Gasteiger partial charge < -0.3 is 5.73 Å². The van der Waals surface area contributed by atoms with Crippen LogP contribution < -0.4 is 11.2 Å². The van der Waals surface area contributed by atoms with Crippen LogP contribution in [-0.4, -0.2) is 7.85 Å². The van der Waals surface area contributed by atoms with Crippen LogP contribution in [0.5, 0.6) is 0 Å². The molecule has 3 heteroatoms. The van der Waals surface area contributed by atoms with Crippen LogP contribution in [0.15, 0.2) is 54.6 Å². The number of rotatable bonds is 0. The molecule has 108 valence electrons. The molecule has 0 fully saturated rings. The van der Waals surface area contributed by atoms with Crippen molar-refractivity contribution in [2.75, 3.05) is 5.73 Å². The zero-order chi connectivity index (χ0) is 15.7. The summed E-state index contributed by atoms with van der Waals surface area (Å²) in [6.45, 7) is 0. The van der Waals surface area contributed by atoms with Crippen LogP contribution in [0.3, 0.4) is 0 Å². The molecule has 0 aliphatic rings. The van der Waals surface area contributed by atoms with Crippen molar-refractivity contribution in [1.29, 1.82) is 0 Å². The smallest absolute Gasteiger partial charge is 0.142 e. The van der Waals surface area contributed by atoms with Gasteiger partial charge in [0.15, 0.2) is 0 Å². The van der Waals surface area contributed by atoms with Crippen LogP contribution in [0.4, 0.5) is 5.69 Å². The maximum atomic E-state index is 6.44. The second-order valence-corrected chi connectivity index (χ2v) is 7.24. The van der Waals surface area contributed by atoms with Crippen molar-refractivity contribution in [3.63, 3.8) is 0 Å². The van der Waals surface area contributed by atoms with Gasteiger partial charge in [0.05, 0.1) is 0 Å². The molecule has 0 unspecified atom stereocenters. The average molecular weight is 405 g/mol. The molecule has 0 radical (unpaired) electrons. The lowest BCUT2D eigenvalue weighted by atomic mass is 9.81. The third-order valence-electron chi connectivity index (χ3n) is 5.03. The van der Waals surface area contributed by atoms with Gasteiger partial charge in [-0.1, -0.05) is 60.1 Å². The Labute approximate surface area is 148 Å². The van der Waals surface area contributed by atoms with Crippen molar-refractivity contribution in [2.45, 2.75) is 0 Å². The summed E-state index contributed by atoms with van der Waals surface area (Å²) in [5.74, 6) is 0. The van der Waals surface area contributed by atoms with Gasteiger partial charge in [-0.15, -0.1) is 0 Å². The van der Waals surface area contributed by atoms with E-state index in [2.05, 4.69) is 85.0 Å². The number of fused-ring (bicyclic) bond motifs is 2. The molecule has 0 aliphatic carbocycles. The van der Waals surface area contributed by atoms with Crippen LogP contribution in [0.2, 0.25) is 0 Å². The van der Waals surface area contributed by atoms with Gasteiger partial charge in [0.25, 0.3) is 0 Å². The molecule has 5 aromatic rings. The van der Waals surface area contributed by atoms with Gasteiger partial charge >= 0.3 is 0 Å². The standard InChI is InChI=1S/C20H13BIN/c21-18-17-13-8-2-5-10-4-1-6-11(15(10)13)12-7-3-9-14(16(12)17)19(22)20(18)23/h1-9H,21,23H2. The van der Waals surface area contributed by atoms with Gasteiger partial charge in [0.2, 0.25) is 0 Å². The van der Waals surface area contributed by atoms with E-state index in [9.17, 15) is 0 Å². The lowest BCUT2D eigenvalue weighted by Crippen LogP contribution is -2.14. The summed E-state index contributed by atoms with van der Waals surface area (Å²) in [6, 6.07) is 19.7. The number of hydrogen-bond acceptors (Lipinski definition) is 1. The quantitative estimate of drug-likeness (QED) is 0.135. The highest BCUT2D eigenvalue weighted by Crippen LogP contribution is 2.41. The molecule has 0 aliphatic heterocycles. The monoisotopic (exact) mass is 405 g/mol. The molecule has 0 atom stereocenters. The molecule has 0 saturated heterocycles. The Morgan fingerprint density at radius 2 is 1.26 bits per heavy atom. The SMILES string of the molecule is Bc1c(N)c(I)c2cccc3c4cccc5cccc(c1c23)c54. The molecule has 23 heavy (non-hydrogen) atoms. The first kappa shape index (κ1) is 13.4. The average Bonchev–Trinajstić information content (AvgIpc) is 2.59. The number of nitrogen functional groups attached to an aromatic ring is 1. The fourth-order valence-corrected chi connectivity index (χ4v) is 4.83. The number of hydrogen-bond donors (Lipinski definition) is 1. The summed E-state index contributed by atoms with van der Waals surface area (Å²) in [5, 5.41) is 10.5. The highest BCUT2D eigenvalue weighted by Gasteiger charge is 2.17. The lowest BCUT2D eigenvalue weighted by Gasteiger charge is -2.18. The first-order valence-corrected chi connectivity index (χ1v) is 8.79. The maximum Gasteiger partial charge on any atom is 0.142 e. The Hall–Kier alpha value is -2.01. The first-order chi connectivity index (χ1) is 11.2. The van der Waals surface area contributed by atoms with E-state index in [4.69, 9.17) is 5.73 Å². The highest BCUT2D eigenvalue weighted by atomic mass is 127. The van der Waals surface area contributed by atoms with Gasteiger partial charge in [-0.05, 0) is 65.7 Å². The van der Waals surface area contributed by atoms with E-state index in [1.807, 2.05) is 0 Å². The molecule has 0 aromatic heterocycles. The molecule has 0 saturated carbocycles. The van der Waals surface area contributed by atoms with Crippen LogP contribution >= 0.6 is 22.6 Å². The molecule has 2 N–H and O–H groups in total. The molecule has 0 heterocycles. The first-order valence-electron chi connectivity index (χ1n) is 7.71. The van der Waals surface area contributed by atoms with E-state index in [-0.39, 0.29) is 0 Å². The Bertz CT molecular complexity index is 1240. The van der Waals surface area contributed by atoms with E-state index in [1.165, 1.54) is 48.6 Å². The summed E-state index contributed by atoms with van der Waals surface area (Å²) >= 11 is 2.38. The van der Waals surface area contributed by atoms with E-state index in [0.717, 1.165) is 9.26 Å². The fraction of sp³-hybridized carbons (Fsp3) is 0. The molecule has 5 rings (SSSR count). The van der Waals surface area contributed by atoms with Gasteiger partial charge in [0, 0.05) is 9.26 Å². The topological polar surface area (TPSA) is 26.0 Å². The van der Waals surface area contributed by atoms with Crippen molar-refractivity contribution in [2.24, 2.45) is 0 Å². The summed E-state index contributed by atoms with van der Waals surface area (Å²) in [6.07, 6.45) is 0. The number of benzene rings is 5. The Balaban J connectivity index is 2.32. The maximum absolute atomic E-state index is 6.44. The summed E-state index contributed by atoms with van der Waals surface area (Å²) in [7, 11) is 2.15. The van der Waals surface area contributed by atoms with Crippen molar-refractivity contribution in [3.8, 4) is 0 Å². The second kappa shape index (κ2) is 4.51. The van der Waals surface area contributed by atoms with E-state index < -0.39 is 0 Å². The van der Waals surface area contributed by atoms with Crippen LogP contribution in [0.1, 0.15) is 0 Å². The Morgan fingerprint density at radius 1 is 0.696 bits per heavy atom. The summed E-state index contributed by atoms with van der Waals surface area (Å²) in [5.41, 5.74) is 8.53. The lowest BCUT2D eigenvalue weighted by molar-refractivity contribution is 1.75. The van der Waals surface area contributed by atoms with Gasteiger partial charge in [-0.2, -0.15) is 0 Å². The highest BCUT2D eigenvalue weighted by molar-refractivity contribution is 14.1. The molecule has 0 bridgehead atoms. The number of anilines is 1. The minimum absolute atomic E-state index is 0.904. The van der Waals surface area contributed by atoms with E-state index in [1.54, 1.807) is 0 Å². The zero-order valence-electron chi connectivity index (χ0n) is 12.7. The molecular weight excluding hydrogens is 392 g/mol. The van der Waals surface area contributed by atoms with E-state index in [0.29, 0.717) is 0 Å². The molecule has 0 spiro atoms. The van der Waals surface area contributed by atoms with Crippen molar-refractivity contribution in [1.82, 2.24) is 0 Å². The normalized spacial score (nSPS) is 12.0. The van der Waals surface area contributed by atoms with Crippen LogP contribution in [-0.2, 0) is 0 Å². The third-order valence-corrected chi connectivity index (χ3v) is 6.19. The summed E-state index contributed by atoms with van der Waals surface area (Å²) < 4.78 is 1.16.